The van der Waals surface area contributed by atoms with Crippen LogP contribution in [0.2, 0.25) is 0 Å². The lowest BCUT2D eigenvalue weighted by Gasteiger charge is -2.16. The lowest BCUT2D eigenvalue weighted by molar-refractivity contribution is -0.128. The Bertz CT molecular complexity index is 1390. The van der Waals surface area contributed by atoms with Gasteiger partial charge in [0, 0.05) is 43.0 Å². The number of aliphatic hydroxyl groups is 1. The number of rotatable bonds is 10. The number of hydrogen-bond acceptors (Lipinski definition) is 7. The number of carbonyl (C=O) groups is 1. The molecule has 3 aromatic rings. The summed E-state index contributed by atoms with van der Waals surface area (Å²) < 4.78 is 39.8. The first-order valence-corrected chi connectivity index (χ1v) is 12.8. The highest BCUT2D eigenvalue weighted by molar-refractivity contribution is 7.92. The molecule has 3 N–H and O–H groups in total. The maximum Gasteiger partial charge on any atom is 0.261 e. The zero-order chi connectivity index (χ0) is 25.8. The molecular weight excluding hydrogens is 477 g/mol. The van der Waals surface area contributed by atoms with Crippen LogP contribution in [0.5, 0.6) is 0 Å². The van der Waals surface area contributed by atoms with Crippen molar-refractivity contribution in [1.29, 1.82) is 0 Å². The lowest BCUT2D eigenvalue weighted by atomic mass is 10.00. The zero-order valence-electron chi connectivity index (χ0n) is 19.4. The minimum atomic E-state index is -3.79. The third-order valence-corrected chi connectivity index (χ3v) is 7.29. The zero-order valence-corrected chi connectivity index (χ0v) is 20.3. The topological polar surface area (TPSA) is 129 Å². The molecule has 1 atom stereocenters. The van der Waals surface area contributed by atoms with Gasteiger partial charge >= 0.3 is 0 Å². The van der Waals surface area contributed by atoms with Crippen molar-refractivity contribution in [2.75, 3.05) is 26.5 Å². The van der Waals surface area contributed by atoms with Gasteiger partial charge in [-0.1, -0.05) is 18.2 Å². The van der Waals surface area contributed by atoms with Gasteiger partial charge in [-0.25, -0.2) is 18.3 Å². The predicted molar refractivity (Wildman–Crippen MR) is 130 cm³/mol. The van der Waals surface area contributed by atoms with Crippen LogP contribution in [0.1, 0.15) is 12.0 Å². The third-order valence-electron chi connectivity index (χ3n) is 5.81. The second-order valence-electron chi connectivity index (χ2n) is 8.47. The highest BCUT2D eigenvalue weighted by Crippen LogP contribution is 2.27. The second-order valence-corrected chi connectivity index (χ2v) is 10.7. The summed E-state index contributed by atoms with van der Waals surface area (Å²) in [5, 5.41) is 17.3. The van der Waals surface area contributed by atoms with Gasteiger partial charge < -0.3 is 9.67 Å². The Morgan fingerprint density at radius 2 is 1.94 bits per heavy atom. The number of hydroxylamine groups is 1. The van der Waals surface area contributed by atoms with Gasteiger partial charge in [0.15, 0.2) is 9.84 Å². The number of fused-ring (bicyclic) bond motifs is 1. The molecule has 35 heavy (non-hydrogen) atoms. The van der Waals surface area contributed by atoms with Crippen LogP contribution in [0.25, 0.3) is 21.9 Å². The van der Waals surface area contributed by atoms with Crippen molar-refractivity contribution in [2.45, 2.75) is 24.8 Å². The number of halogens is 1. The molecule has 0 aliphatic heterocycles. The van der Waals surface area contributed by atoms with E-state index >= 15 is 0 Å². The van der Waals surface area contributed by atoms with E-state index in [4.69, 9.17) is 10.3 Å². The van der Waals surface area contributed by atoms with Crippen molar-refractivity contribution < 1.29 is 27.9 Å². The van der Waals surface area contributed by atoms with Gasteiger partial charge in [0.05, 0.1) is 6.61 Å². The van der Waals surface area contributed by atoms with Crippen LogP contribution in [-0.2, 0) is 27.7 Å². The molecule has 0 spiro atoms. The summed E-state index contributed by atoms with van der Waals surface area (Å²) in [6.07, 6.45) is 2.18. The predicted octanol–water partition coefficient (Wildman–Crippen LogP) is 1.54. The van der Waals surface area contributed by atoms with Crippen LogP contribution in [0.4, 0.5) is 4.39 Å². The maximum atomic E-state index is 14.8. The van der Waals surface area contributed by atoms with Crippen LogP contribution in [0.3, 0.4) is 0 Å². The van der Waals surface area contributed by atoms with Crippen molar-refractivity contribution in [1.82, 2.24) is 14.9 Å². The number of nitrogens with one attached hydrogen (secondary N) is 1. The van der Waals surface area contributed by atoms with E-state index < -0.39 is 26.8 Å². The number of hydrogen-bond donors (Lipinski definition) is 3. The Labute approximate surface area is 202 Å². The normalized spacial score (nSPS) is 12.7. The van der Waals surface area contributed by atoms with Crippen molar-refractivity contribution in [3.63, 3.8) is 0 Å². The first-order valence-electron chi connectivity index (χ1n) is 10.9. The largest absolute Gasteiger partial charge is 0.395 e. The van der Waals surface area contributed by atoms with E-state index in [1.54, 1.807) is 30.3 Å². The molecule has 11 heteroatoms. The average molecular weight is 506 g/mol. The highest BCUT2D eigenvalue weighted by Gasteiger charge is 2.28. The Morgan fingerprint density at radius 3 is 2.57 bits per heavy atom. The number of carbonyl (C=O) groups excluding carboxylic acids is 1. The molecule has 0 aliphatic carbocycles. The first kappa shape index (κ1) is 26.5. The molecule has 0 saturated carbocycles. The number of aromatic nitrogens is 1. The van der Waals surface area contributed by atoms with Crippen molar-refractivity contribution in [3.8, 4) is 11.1 Å². The van der Waals surface area contributed by atoms with Crippen LogP contribution in [-0.4, -0.2) is 65.8 Å². The van der Waals surface area contributed by atoms with Crippen molar-refractivity contribution in [3.05, 3.63) is 70.4 Å². The molecule has 0 fully saturated rings. The molecule has 9 nitrogen and oxygen atoms in total. The summed E-state index contributed by atoms with van der Waals surface area (Å²) >= 11 is 0. The monoisotopic (exact) mass is 505 g/mol. The van der Waals surface area contributed by atoms with Gasteiger partial charge in [0.25, 0.3) is 11.5 Å². The van der Waals surface area contributed by atoms with Crippen LogP contribution in [0.15, 0.2) is 53.5 Å². The van der Waals surface area contributed by atoms with E-state index in [2.05, 4.69) is 0 Å². The molecule has 1 aromatic heterocycles. The Hall–Kier alpha value is -3.12. The highest BCUT2D eigenvalue weighted by atomic mass is 32.2. The fraction of sp³-hybridized carbons (Fsp3) is 0.333. The van der Waals surface area contributed by atoms with E-state index in [0.29, 0.717) is 35.0 Å². The standard InChI is InChI=1S/C24H28FN3O6S/c1-27(11-12-29)15-16-3-5-19(21(25)13-16)17-4-6-20-18(14-17)7-9-28(24(20)31)10-8-22(23(30)26-32)35(2,33)34/h3-7,9,13-14,22,29,32H,8,10-12,15H2,1-2H3,(H,26,30). The van der Waals surface area contributed by atoms with E-state index in [9.17, 15) is 22.4 Å². The van der Waals surface area contributed by atoms with Crippen molar-refractivity contribution in [2.24, 2.45) is 0 Å². The summed E-state index contributed by atoms with van der Waals surface area (Å²) in [6.45, 7) is 0.943. The van der Waals surface area contributed by atoms with Gasteiger partial charge in [0.2, 0.25) is 0 Å². The van der Waals surface area contributed by atoms with Crippen LogP contribution in [0, 0.1) is 5.82 Å². The average Bonchev–Trinajstić information content (AvgIpc) is 2.79. The molecule has 0 bridgehead atoms. The summed E-state index contributed by atoms with van der Waals surface area (Å²) in [5.74, 6) is -1.46. The summed E-state index contributed by atoms with van der Waals surface area (Å²) in [7, 11) is -1.96. The SMILES string of the molecule is CN(CCO)Cc1ccc(-c2ccc3c(=O)n(CCC(C(=O)NO)S(C)(=O)=O)ccc3c2)c(F)c1. The summed E-state index contributed by atoms with van der Waals surface area (Å²) in [6, 6.07) is 11.5. The molecular formula is C24H28FN3O6S. The summed E-state index contributed by atoms with van der Waals surface area (Å²) in [5.41, 5.74) is 2.72. The quantitative estimate of drug-likeness (QED) is 0.282. The summed E-state index contributed by atoms with van der Waals surface area (Å²) in [4.78, 5) is 26.5. The molecule has 1 unspecified atom stereocenters. The molecule has 0 saturated heterocycles. The second kappa shape index (κ2) is 11.1. The number of pyridine rings is 1. The van der Waals surface area contributed by atoms with Crippen LogP contribution < -0.4 is 11.0 Å². The number of likely N-dealkylation sites (N-methyl/N-ethyl adjacent to an activating group) is 1. The Balaban J connectivity index is 1.85. The molecule has 1 amide bonds. The number of benzene rings is 2. The van der Waals surface area contributed by atoms with Crippen molar-refractivity contribution >= 4 is 26.5 Å². The van der Waals surface area contributed by atoms with Gasteiger partial charge in [-0.3, -0.25) is 19.7 Å². The van der Waals surface area contributed by atoms with E-state index in [0.717, 1.165) is 11.8 Å². The van der Waals surface area contributed by atoms with Gasteiger partial charge in [0.1, 0.15) is 11.1 Å². The molecule has 0 aliphatic rings. The fourth-order valence-corrected chi connectivity index (χ4v) is 4.93. The Kier molecular flexibility index (Phi) is 8.39. The molecule has 2 aromatic carbocycles. The van der Waals surface area contributed by atoms with E-state index in [1.165, 1.54) is 22.3 Å². The minimum absolute atomic E-state index is 0.0200. The van der Waals surface area contributed by atoms with E-state index in [-0.39, 0.29) is 25.1 Å². The number of amides is 1. The maximum absolute atomic E-state index is 14.8. The molecule has 3 rings (SSSR count). The van der Waals surface area contributed by atoms with Gasteiger partial charge in [-0.15, -0.1) is 0 Å². The number of nitrogens with zero attached hydrogens (tertiary/aromatic N) is 2. The fourth-order valence-electron chi connectivity index (χ4n) is 3.95. The first-order chi connectivity index (χ1) is 16.5. The number of sulfone groups is 1. The minimum Gasteiger partial charge on any atom is -0.395 e. The smallest absolute Gasteiger partial charge is 0.261 e. The van der Waals surface area contributed by atoms with Crippen LogP contribution >= 0.6 is 0 Å². The van der Waals surface area contributed by atoms with E-state index in [1.807, 2.05) is 18.0 Å². The van der Waals surface area contributed by atoms with Gasteiger partial charge in [-0.2, -0.15) is 0 Å². The van der Waals surface area contributed by atoms with Gasteiger partial charge in [-0.05, 0) is 54.2 Å². The Morgan fingerprint density at radius 1 is 1.20 bits per heavy atom. The molecule has 1 heterocycles. The molecule has 0 radical (unpaired) electrons. The third kappa shape index (κ3) is 6.31. The number of aryl methyl sites for hydroxylation is 1. The number of aliphatic hydroxyl groups excluding tert-OH is 1. The lowest BCUT2D eigenvalue weighted by Crippen LogP contribution is -2.39. The molecule has 188 valence electrons.